The van der Waals surface area contributed by atoms with Gasteiger partial charge >= 0.3 is 4.87 Å². The second kappa shape index (κ2) is 11.2. The summed E-state index contributed by atoms with van der Waals surface area (Å²) in [6.07, 6.45) is 0. The van der Waals surface area contributed by atoms with Crippen LogP contribution in [0.2, 0.25) is 10.0 Å². The third-order valence-corrected chi connectivity index (χ3v) is 10.6. The van der Waals surface area contributed by atoms with Crippen LogP contribution in [0.15, 0.2) is 76.6 Å². The molecule has 2 N–H and O–H groups in total. The van der Waals surface area contributed by atoms with Crippen LogP contribution >= 0.6 is 46.3 Å². The highest BCUT2D eigenvalue weighted by atomic mass is 35.5. The van der Waals surface area contributed by atoms with E-state index in [-0.39, 0.29) is 33.7 Å². The van der Waals surface area contributed by atoms with Crippen LogP contribution in [0.25, 0.3) is 0 Å². The standard InChI is InChI=1S/C28H18Cl2N4O7S2/c29-18-3-1-2-17(22(18)30)20-21-23(26(38)33(25(21)37)14-6-8-15(9-7-14)34(40)41)42-27-24(20)43-28(39)32(27)12-19(36)31-13-4-10-16(35)11-5-13/h1-11,20-21,23,35H,12H2,(H,31,36)/t20-,21?,23?/m1/s1. The number of nitro groups is 1. The summed E-state index contributed by atoms with van der Waals surface area (Å²) in [6, 6.07) is 15.8. The number of thiazole rings is 1. The minimum absolute atomic E-state index is 0.0244. The molecule has 6 rings (SSSR count). The zero-order valence-corrected chi connectivity index (χ0v) is 24.7. The zero-order valence-electron chi connectivity index (χ0n) is 21.6. The lowest BCUT2D eigenvalue weighted by Gasteiger charge is -2.31. The summed E-state index contributed by atoms with van der Waals surface area (Å²) in [5.41, 5.74) is 0.821. The van der Waals surface area contributed by atoms with Crippen molar-refractivity contribution in [1.82, 2.24) is 4.57 Å². The zero-order chi connectivity index (χ0) is 30.6. The summed E-state index contributed by atoms with van der Waals surface area (Å²) in [4.78, 5) is 65.6. The molecule has 3 aromatic carbocycles. The van der Waals surface area contributed by atoms with E-state index in [1.54, 1.807) is 18.2 Å². The Balaban J connectivity index is 1.42. The number of carbonyl (C=O) groups is 3. The number of amides is 3. The van der Waals surface area contributed by atoms with Gasteiger partial charge in [0, 0.05) is 28.6 Å². The Hall–Kier alpha value is -4.17. The number of nitrogens with zero attached hydrogens (tertiary/aromatic N) is 3. The first kappa shape index (κ1) is 28.9. The van der Waals surface area contributed by atoms with E-state index >= 15 is 0 Å². The lowest BCUT2D eigenvalue weighted by atomic mass is 9.83. The molecule has 1 saturated heterocycles. The summed E-state index contributed by atoms with van der Waals surface area (Å²) < 4.78 is 1.26. The number of phenolic OH excluding ortho intramolecular Hbond substituents is 1. The van der Waals surface area contributed by atoms with E-state index in [1.165, 1.54) is 53.1 Å². The molecule has 43 heavy (non-hydrogen) atoms. The maximum absolute atomic E-state index is 14.0. The first-order chi connectivity index (χ1) is 20.5. The molecule has 2 aliphatic rings. The largest absolute Gasteiger partial charge is 0.508 e. The number of nitro benzene ring substituents is 1. The molecule has 0 aliphatic carbocycles. The van der Waals surface area contributed by atoms with Crippen molar-refractivity contribution in [2.45, 2.75) is 22.7 Å². The Morgan fingerprint density at radius 1 is 1.00 bits per heavy atom. The highest BCUT2D eigenvalue weighted by Gasteiger charge is 2.57. The van der Waals surface area contributed by atoms with Crippen molar-refractivity contribution in [2.24, 2.45) is 5.92 Å². The van der Waals surface area contributed by atoms with Gasteiger partial charge in [-0.25, -0.2) is 4.90 Å². The number of carbonyl (C=O) groups excluding carboxylic acids is 3. The van der Waals surface area contributed by atoms with Gasteiger partial charge in [0.15, 0.2) is 0 Å². The molecule has 2 unspecified atom stereocenters. The van der Waals surface area contributed by atoms with E-state index in [0.717, 1.165) is 28.0 Å². The Morgan fingerprint density at radius 3 is 2.37 bits per heavy atom. The van der Waals surface area contributed by atoms with Gasteiger partial charge in [0.25, 0.3) is 5.69 Å². The first-order valence-electron chi connectivity index (χ1n) is 12.6. The van der Waals surface area contributed by atoms with Gasteiger partial charge in [-0.2, -0.15) is 0 Å². The molecule has 4 aromatic rings. The smallest absolute Gasteiger partial charge is 0.308 e. The normalized spacial score (nSPS) is 19.2. The number of hydrogen-bond acceptors (Lipinski definition) is 9. The minimum atomic E-state index is -0.990. The Labute approximate surface area is 260 Å². The topological polar surface area (TPSA) is 152 Å². The maximum Gasteiger partial charge on any atom is 0.308 e. The van der Waals surface area contributed by atoms with Crippen molar-refractivity contribution in [2.75, 3.05) is 10.2 Å². The maximum atomic E-state index is 14.0. The summed E-state index contributed by atoms with van der Waals surface area (Å²) in [5, 5.41) is 23.1. The van der Waals surface area contributed by atoms with Crippen LogP contribution in [-0.2, 0) is 20.9 Å². The highest BCUT2D eigenvalue weighted by molar-refractivity contribution is 8.00. The van der Waals surface area contributed by atoms with Crippen LogP contribution in [0.4, 0.5) is 17.1 Å². The molecule has 218 valence electrons. The molecule has 0 spiro atoms. The average molecular weight is 658 g/mol. The number of aromatic nitrogens is 1. The average Bonchev–Trinajstić information content (AvgIpc) is 3.42. The third kappa shape index (κ3) is 5.07. The van der Waals surface area contributed by atoms with Crippen LogP contribution in [-0.4, -0.2) is 37.6 Å². The summed E-state index contributed by atoms with van der Waals surface area (Å²) in [6.45, 7) is -0.375. The van der Waals surface area contributed by atoms with Gasteiger partial charge in [0.05, 0.1) is 31.6 Å². The third-order valence-electron chi connectivity index (χ3n) is 7.14. The van der Waals surface area contributed by atoms with Crippen molar-refractivity contribution < 1.29 is 24.4 Å². The van der Waals surface area contributed by atoms with Crippen molar-refractivity contribution in [3.63, 3.8) is 0 Å². The van der Waals surface area contributed by atoms with Gasteiger partial charge in [0.2, 0.25) is 17.7 Å². The second-order valence-electron chi connectivity index (χ2n) is 9.69. The van der Waals surface area contributed by atoms with Crippen LogP contribution < -0.4 is 15.1 Å². The molecule has 1 fully saturated rings. The number of benzene rings is 3. The number of fused-ring (bicyclic) bond motifs is 2. The van der Waals surface area contributed by atoms with Gasteiger partial charge < -0.3 is 10.4 Å². The van der Waals surface area contributed by atoms with E-state index in [1.807, 2.05) is 0 Å². The van der Waals surface area contributed by atoms with Crippen LogP contribution in [0.1, 0.15) is 16.4 Å². The SMILES string of the molecule is O=C(Cn1c2c(sc1=O)[C@H](c1cccc(Cl)c1Cl)C1C(=O)N(c3ccc([N+](=O)[O-])cc3)C(=O)C1S2)Nc1ccc(O)cc1. The summed E-state index contributed by atoms with van der Waals surface area (Å²) in [5.74, 6) is -3.44. The van der Waals surface area contributed by atoms with Gasteiger partial charge in [-0.1, -0.05) is 58.4 Å². The number of halogens is 2. The predicted octanol–water partition coefficient (Wildman–Crippen LogP) is 5.26. The number of phenols is 1. The number of rotatable bonds is 6. The number of anilines is 2. The monoisotopic (exact) mass is 656 g/mol. The molecular weight excluding hydrogens is 639 g/mol. The molecule has 0 bridgehead atoms. The Kier molecular flexibility index (Phi) is 7.50. The van der Waals surface area contributed by atoms with E-state index in [0.29, 0.717) is 21.2 Å². The summed E-state index contributed by atoms with van der Waals surface area (Å²) in [7, 11) is 0. The molecule has 1 aromatic heterocycles. The number of thioether (sulfide) groups is 1. The molecule has 0 saturated carbocycles. The fourth-order valence-corrected chi connectivity index (χ4v) is 8.41. The van der Waals surface area contributed by atoms with Crippen molar-refractivity contribution in [3.05, 3.63) is 107 Å². The Bertz CT molecular complexity index is 1880. The molecule has 3 atom stereocenters. The second-order valence-corrected chi connectivity index (χ2v) is 12.6. The van der Waals surface area contributed by atoms with Crippen LogP contribution in [0.5, 0.6) is 5.75 Å². The fourth-order valence-electron chi connectivity index (χ4n) is 5.22. The number of hydrogen-bond donors (Lipinski definition) is 2. The van der Waals surface area contributed by atoms with Crippen LogP contribution in [0.3, 0.4) is 0 Å². The molecule has 3 heterocycles. The molecule has 3 amide bonds. The predicted molar refractivity (Wildman–Crippen MR) is 162 cm³/mol. The van der Waals surface area contributed by atoms with Crippen molar-refractivity contribution in [1.29, 1.82) is 0 Å². The molecular formula is C28H18Cl2N4O7S2. The highest BCUT2D eigenvalue weighted by Crippen LogP contribution is 2.55. The molecule has 0 radical (unpaired) electrons. The molecule has 11 nitrogen and oxygen atoms in total. The number of nitrogens with one attached hydrogen (secondary N) is 1. The van der Waals surface area contributed by atoms with E-state index < -0.39 is 44.6 Å². The molecule has 2 aliphatic heterocycles. The molecule has 15 heteroatoms. The fraction of sp³-hybridized carbons (Fsp3) is 0.143. The van der Waals surface area contributed by atoms with Gasteiger partial charge in [-0.15, -0.1) is 0 Å². The number of aromatic hydroxyl groups is 1. The minimum Gasteiger partial charge on any atom is -0.508 e. The van der Waals surface area contributed by atoms with E-state index in [2.05, 4.69) is 5.32 Å². The lowest BCUT2D eigenvalue weighted by Crippen LogP contribution is -2.33. The van der Waals surface area contributed by atoms with E-state index in [9.17, 15) is 34.4 Å². The number of imide groups is 1. The van der Waals surface area contributed by atoms with Gasteiger partial charge in [0.1, 0.15) is 17.5 Å². The van der Waals surface area contributed by atoms with Gasteiger partial charge in [-0.3, -0.25) is 33.9 Å². The summed E-state index contributed by atoms with van der Waals surface area (Å²) >= 11 is 14.8. The Morgan fingerprint density at radius 2 is 1.70 bits per heavy atom. The van der Waals surface area contributed by atoms with E-state index in [4.69, 9.17) is 23.2 Å². The first-order valence-corrected chi connectivity index (χ1v) is 15.1. The van der Waals surface area contributed by atoms with Crippen molar-refractivity contribution >= 4 is 81.1 Å². The van der Waals surface area contributed by atoms with Crippen molar-refractivity contribution in [3.8, 4) is 5.75 Å². The number of non-ortho nitro benzene ring substituents is 1. The quantitative estimate of drug-likeness (QED) is 0.123. The van der Waals surface area contributed by atoms with Gasteiger partial charge in [-0.05, 0) is 48.0 Å². The lowest BCUT2D eigenvalue weighted by molar-refractivity contribution is -0.384. The van der Waals surface area contributed by atoms with Crippen LogP contribution in [0, 0.1) is 16.0 Å².